The maximum atomic E-state index is 9.61. The number of hydrogen-bond acceptors (Lipinski definition) is 4. The number of nitrogens with zero attached hydrogens (tertiary/aromatic N) is 2. The number of pyridine rings is 1. The summed E-state index contributed by atoms with van der Waals surface area (Å²) in [5.74, 6) is 1.40. The Kier molecular flexibility index (Phi) is 4.19. The summed E-state index contributed by atoms with van der Waals surface area (Å²) in [5, 5.41) is 12.8. The Morgan fingerprint density at radius 2 is 2.22 bits per heavy atom. The highest BCUT2D eigenvalue weighted by Crippen LogP contribution is 2.25. The first-order valence-corrected chi connectivity index (χ1v) is 6.68. The summed E-state index contributed by atoms with van der Waals surface area (Å²) < 4.78 is 0. The van der Waals surface area contributed by atoms with Gasteiger partial charge in [0.2, 0.25) is 0 Å². The van der Waals surface area contributed by atoms with Crippen LogP contribution in [0.4, 0.5) is 5.82 Å². The SMILES string of the molecule is CNC(C)c1ccc(N2CCC(C(C)O)C2)nc1. The number of nitrogens with one attached hydrogen (secondary N) is 1. The molecule has 1 aliphatic heterocycles. The van der Waals surface area contributed by atoms with Gasteiger partial charge in [-0.15, -0.1) is 0 Å². The van der Waals surface area contributed by atoms with E-state index < -0.39 is 0 Å². The molecule has 3 unspecified atom stereocenters. The van der Waals surface area contributed by atoms with Crippen molar-refractivity contribution in [3.8, 4) is 0 Å². The predicted molar refractivity (Wildman–Crippen MR) is 73.7 cm³/mol. The number of anilines is 1. The summed E-state index contributed by atoms with van der Waals surface area (Å²) >= 11 is 0. The lowest BCUT2D eigenvalue weighted by Gasteiger charge is -2.19. The van der Waals surface area contributed by atoms with E-state index in [-0.39, 0.29) is 6.10 Å². The molecule has 1 aromatic heterocycles. The molecule has 1 aliphatic rings. The first-order valence-electron chi connectivity index (χ1n) is 6.68. The molecule has 1 saturated heterocycles. The maximum absolute atomic E-state index is 9.61. The minimum Gasteiger partial charge on any atom is -0.393 e. The lowest BCUT2D eigenvalue weighted by Crippen LogP contribution is -2.24. The van der Waals surface area contributed by atoms with Crippen LogP contribution in [-0.4, -0.2) is 36.3 Å². The summed E-state index contributed by atoms with van der Waals surface area (Å²) in [6.07, 6.45) is 2.76. The van der Waals surface area contributed by atoms with E-state index >= 15 is 0 Å². The molecule has 0 bridgehead atoms. The van der Waals surface area contributed by atoms with Crippen LogP contribution in [0.15, 0.2) is 18.3 Å². The summed E-state index contributed by atoms with van der Waals surface area (Å²) in [4.78, 5) is 6.78. The molecule has 0 spiro atoms. The average Bonchev–Trinajstić information content (AvgIpc) is 2.88. The number of aromatic nitrogens is 1. The molecule has 0 saturated carbocycles. The molecule has 2 N–H and O–H groups in total. The number of rotatable bonds is 4. The van der Waals surface area contributed by atoms with Gasteiger partial charge in [0.15, 0.2) is 0 Å². The van der Waals surface area contributed by atoms with Gasteiger partial charge in [0.05, 0.1) is 6.10 Å². The Balaban J connectivity index is 2.02. The first kappa shape index (κ1) is 13.3. The van der Waals surface area contributed by atoms with E-state index in [4.69, 9.17) is 0 Å². The molecular weight excluding hydrogens is 226 g/mol. The van der Waals surface area contributed by atoms with E-state index in [1.807, 2.05) is 20.2 Å². The van der Waals surface area contributed by atoms with Crippen molar-refractivity contribution in [3.63, 3.8) is 0 Å². The fraction of sp³-hybridized carbons (Fsp3) is 0.643. The third-order valence-corrected chi connectivity index (χ3v) is 3.93. The van der Waals surface area contributed by atoms with Crippen molar-refractivity contribution in [3.05, 3.63) is 23.9 Å². The fourth-order valence-electron chi connectivity index (χ4n) is 2.40. The fourth-order valence-corrected chi connectivity index (χ4v) is 2.40. The van der Waals surface area contributed by atoms with Crippen molar-refractivity contribution in [1.82, 2.24) is 10.3 Å². The smallest absolute Gasteiger partial charge is 0.128 e. The minimum absolute atomic E-state index is 0.224. The topological polar surface area (TPSA) is 48.4 Å². The Hall–Kier alpha value is -1.13. The average molecular weight is 249 g/mol. The summed E-state index contributed by atoms with van der Waals surface area (Å²) in [5.41, 5.74) is 1.20. The second-order valence-corrected chi connectivity index (χ2v) is 5.20. The van der Waals surface area contributed by atoms with Gasteiger partial charge >= 0.3 is 0 Å². The number of aliphatic hydroxyl groups is 1. The van der Waals surface area contributed by atoms with Crippen LogP contribution in [0.25, 0.3) is 0 Å². The van der Waals surface area contributed by atoms with Gasteiger partial charge in [-0.05, 0) is 38.9 Å². The van der Waals surface area contributed by atoms with Gasteiger partial charge in [0.1, 0.15) is 5.82 Å². The molecular formula is C14H23N3O. The van der Waals surface area contributed by atoms with Crippen molar-refractivity contribution < 1.29 is 5.11 Å². The summed E-state index contributed by atoms with van der Waals surface area (Å²) in [6.45, 7) is 5.89. The van der Waals surface area contributed by atoms with Crippen LogP contribution in [0.5, 0.6) is 0 Å². The van der Waals surface area contributed by atoms with Crippen LogP contribution in [0.2, 0.25) is 0 Å². The van der Waals surface area contributed by atoms with E-state index in [9.17, 15) is 5.11 Å². The van der Waals surface area contributed by atoms with Crippen molar-refractivity contribution >= 4 is 5.82 Å². The van der Waals surface area contributed by atoms with E-state index in [0.29, 0.717) is 12.0 Å². The normalized spacial score (nSPS) is 23.1. The van der Waals surface area contributed by atoms with E-state index in [0.717, 1.165) is 25.3 Å². The van der Waals surface area contributed by atoms with Gasteiger partial charge in [-0.25, -0.2) is 4.98 Å². The van der Waals surface area contributed by atoms with Crippen LogP contribution in [0, 0.1) is 5.92 Å². The van der Waals surface area contributed by atoms with Gasteiger partial charge in [-0.2, -0.15) is 0 Å². The third kappa shape index (κ3) is 2.82. The zero-order chi connectivity index (χ0) is 13.1. The largest absolute Gasteiger partial charge is 0.393 e. The standard InChI is InChI=1S/C14H23N3O/c1-10(15-3)12-4-5-14(16-8-12)17-7-6-13(9-17)11(2)18/h4-5,8,10-11,13,15,18H,6-7,9H2,1-3H3. The van der Waals surface area contributed by atoms with Gasteiger partial charge in [-0.1, -0.05) is 6.07 Å². The summed E-state index contributed by atoms with van der Waals surface area (Å²) in [6, 6.07) is 4.53. The van der Waals surface area contributed by atoms with E-state index in [2.05, 4.69) is 34.3 Å². The third-order valence-electron chi connectivity index (χ3n) is 3.93. The van der Waals surface area contributed by atoms with Gasteiger partial charge in [-0.3, -0.25) is 0 Å². The zero-order valence-corrected chi connectivity index (χ0v) is 11.4. The van der Waals surface area contributed by atoms with Gasteiger partial charge in [0.25, 0.3) is 0 Å². The highest BCUT2D eigenvalue weighted by Gasteiger charge is 2.26. The van der Waals surface area contributed by atoms with Gasteiger partial charge in [0, 0.05) is 31.2 Å². The Labute approximate surface area is 109 Å². The van der Waals surface area contributed by atoms with Crippen LogP contribution in [-0.2, 0) is 0 Å². The van der Waals surface area contributed by atoms with Crippen LogP contribution in [0.3, 0.4) is 0 Å². The molecule has 4 nitrogen and oxygen atoms in total. The highest BCUT2D eigenvalue weighted by atomic mass is 16.3. The maximum Gasteiger partial charge on any atom is 0.128 e. The molecule has 1 aromatic rings. The van der Waals surface area contributed by atoms with Gasteiger partial charge < -0.3 is 15.3 Å². The molecule has 4 heteroatoms. The Morgan fingerprint density at radius 1 is 1.44 bits per heavy atom. The van der Waals surface area contributed by atoms with Crippen molar-refractivity contribution in [2.45, 2.75) is 32.4 Å². The van der Waals surface area contributed by atoms with E-state index in [1.165, 1.54) is 5.56 Å². The lowest BCUT2D eigenvalue weighted by atomic mass is 10.0. The van der Waals surface area contributed by atoms with Crippen molar-refractivity contribution in [2.75, 3.05) is 25.0 Å². The highest BCUT2D eigenvalue weighted by molar-refractivity contribution is 5.41. The second kappa shape index (κ2) is 5.67. The monoisotopic (exact) mass is 249 g/mol. The quantitative estimate of drug-likeness (QED) is 0.850. The molecule has 2 heterocycles. The second-order valence-electron chi connectivity index (χ2n) is 5.20. The first-order chi connectivity index (χ1) is 8.61. The predicted octanol–water partition coefficient (Wildman–Crippen LogP) is 1.57. The zero-order valence-electron chi connectivity index (χ0n) is 11.4. The molecule has 18 heavy (non-hydrogen) atoms. The van der Waals surface area contributed by atoms with Crippen LogP contribution < -0.4 is 10.2 Å². The Morgan fingerprint density at radius 3 is 2.72 bits per heavy atom. The van der Waals surface area contributed by atoms with E-state index in [1.54, 1.807) is 0 Å². The molecule has 3 atom stereocenters. The van der Waals surface area contributed by atoms with Crippen molar-refractivity contribution in [1.29, 1.82) is 0 Å². The van der Waals surface area contributed by atoms with Crippen molar-refractivity contribution in [2.24, 2.45) is 5.92 Å². The molecule has 0 aliphatic carbocycles. The molecule has 0 aromatic carbocycles. The molecule has 0 amide bonds. The number of aliphatic hydroxyl groups excluding tert-OH is 1. The molecule has 2 rings (SSSR count). The minimum atomic E-state index is -0.224. The van der Waals surface area contributed by atoms with Crippen LogP contribution >= 0.6 is 0 Å². The molecule has 100 valence electrons. The summed E-state index contributed by atoms with van der Waals surface area (Å²) in [7, 11) is 1.95. The molecule has 1 fully saturated rings. The number of hydrogen-bond donors (Lipinski definition) is 2. The lowest BCUT2D eigenvalue weighted by molar-refractivity contribution is 0.136. The van der Waals surface area contributed by atoms with Crippen LogP contribution in [0.1, 0.15) is 31.9 Å². The molecule has 0 radical (unpaired) electrons. The Bertz CT molecular complexity index is 377.